The summed E-state index contributed by atoms with van der Waals surface area (Å²) in [5.74, 6) is -0.746. The molecule has 1 N–H and O–H groups in total. The summed E-state index contributed by atoms with van der Waals surface area (Å²) >= 11 is 0. The Hall–Kier alpha value is -2.71. The van der Waals surface area contributed by atoms with Gasteiger partial charge in [-0.25, -0.2) is 4.52 Å². The Bertz CT molecular complexity index is 832. The Morgan fingerprint density at radius 2 is 2.08 bits per heavy atom. The molecule has 0 atom stereocenters. The number of esters is 1. The van der Waals surface area contributed by atoms with Crippen LogP contribution in [0.2, 0.25) is 0 Å². The minimum atomic E-state index is -0.398. The van der Waals surface area contributed by atoms with E-state index in [1.807, 2.05) is 0 Å². The lowest BCUT2D eigenvalue weighted by atomic mass is 9.97. The first-order valence-corrected chi connectivity index (χ1v) is 7.92. The number of aryl methyl sites for hydroxylation is 1. The largest absolute Gasteiger partial charge is 0.466 e. The number of carbonyl (C=O) groups excluding carboxylic acids is 2. The number of piperidine rings is 1. The highest BCUT2D eigenvalue weighted by molar-refractivity contribution is 5.98. The van der Waals surface area contributed by atoms with Crippen molar-refractivity contribution < 1.29 is 14.3 Å². The van der Waals surface area contributed by atoms with E-state index in [4.69, 9.17) is 4.74 Å². The Morgan fingerprint density at radius 1 is 1.38 bits per heavy atom. The lowest BCUT2D eigenvalue weighted by Crippen LogP contribution is -2.41. The van der Waals surface area contributed by atoms with Gasteiger partial charge in [-0.2, -0.15) is 0 Å². The topological polar surface area (TPSA) is 110 Å². The van der Waals surface area contributed by atoms with E-state index in [9.17, 15) is 14.4 Å². The van der Waals surface area contributed by atoms with E-state index >= 15 is 0 Å². The second-order valence-corrected chi connectivity index (χ2v) is 5.82. The van der Waals surface area contributed by atoms with Gasteiger partial charge in [0.15, 0.2) is 11.2 Å². The molecule has 0 saturated carbocycles. The summed E-state index contributed by atoms with van der Waals surface area (Å²) in [5, 5.41) is 7.71. The van der Waals surface area contributed by atoms with Crippen LogP contribution in [0.3, 0.4) is 0 Å². The highest BCUT2D eigenvalue weighted by atomic mass is 16.5. The zero-order valence-corrected chi connectivity index (χ0v) is 13.6. The first-order chi connectivity index (χ1) is 11.5. The summed E-state index contributed by atoms with van der Waals surface area (Å²) in [4.78, 5) is 40.7. The molecule has 24 heavy (non-hydrogen) atoms. The standard InChI is InChI=1S/C15H19N5O4/c1-3-24-15(23)10-4-6-19(7-5-10)14(22)11-12-13(21)16-9(2)8-20(12)18-17-11/h8,10H,3-7H2,1-2H3,(H,16,21). The highest BCUT2D eigenvalue weighted by Crippen LogP contribution is 2.20. The number of ether oxygens (including phenoxy) is 1. The number of amides is 1. The van der Waals surface area contributed by atoms with Crippen LogP contribution in [0, 0.1) is 12.8 Å². The first-order valence-electron chi connectivity index (χ1n) is 7.92. The minimum Gasteiger partial charge on any atom is -0.466 e. The van der Waals surface area contributed by atoms with Crippen molar-refractivity contribution in [2.75, 3.05) is 19.7 Å². The molecule has 0 aromatic carbocycles. The summed E-state index contributed by atoms with van der Waals surface area (Å²) in [7, 11) is 0. The Kier molecular flexibility index (Phi) is 4.32. The zero-order chi connectivity index (χ0) is 17.3. The molecule has 9 nitrogen and oxygen atoms in total. The van der Waals surface area contributed by atoms with Crippen LogP contribution in [0.4, 0.5) is 0 Å². The van der Waals surface area contributed by atoms with Crippen molar-refractivity contribution in [2.24, 2.45) is 5.92 Å². The van der Waals surface area contributed by atoms with Crippen LogP contribution in [0.15, 0.2) is 11.0 Å². The van der Waals surface area contributed by atoms with E-state index in [1.165, 1.54) is 4.52 Å². The molecule has 0 spiro atoms. The van der Waals surface area contributed by atoms with Crippen LogP contribution in [-0.4, -0.2) is 56.3 Å². The molecule has 9 heteroatoms. The number of likely N-dealkylation sites (tertiary alicyclic amines) is 1. The van der Waals surface area contributed by atoms with E-state index < -0.39 is 5.56 Å². The van der Waals surface area contributed by atoms with Gasteiger partial charge in [0.2, 0.25) is 0 Å². The summed E-state index contributed by atoms with van der Waals surface area (Å²) in [6.45, 7) is 4.69. The van der Waals surface area contributed by atoms with Crippen molar-refractivity contribution >= 4 is 17.4 Å². The average molecular weight is 333 g/mol. The van der Waals surface area contributed by atoms with E-state index in [0.29, 0.717) is 38.2 Å². The molecule has 0 aliphatic carbocycles. The van der Waals surface area contributed by atoms with Gasteiger partial charge in [-0.3, -0.25) is 14.4 Å². The molecule has 128 valence electrons. The molecule has 2 aromatic heterocycles. The van der Waals surface area contributed by atoms with Gasteiger partial charge in [0.05, 0.1) is 18.7 Å². The maximum atomic E-state index is 12.7. The van der Waals surface area contributed by atoms with Gasteiger partial charge in [0, 0.05) is 18.8 Å². The van der Waals surface area contributed by atoms with Gasteiger partial charge in [-0.1, -0.05) is 5.21 Å². The number of hydrogen-bond donors (Lipinski definition) is 1. The van der Waals surface area contributed by atoms with Crippen LogP contribution in [0.5, 0.6) is 0 Å². The third kappa shape index (κ3) is 2.89. The number of hydrogen-bond acceptors (Lipinski definition) is 6. The quantitative estimate of drug-likeness (QED) is 0.800. The van der Waals surface area contributed by atoms with E-state index in [-0.39, 0.29) is 29.0 Å². The van der Waals surface area contributed by atoms with Gasteiger partial charge >= 0.3 is 5.97 Å². The van der Waals surface area contributed by atoms with Crippen molar-refractivity contribution in [3.05, 3.63) is 27.9 Å². The molecule has 1 fully saturated rings. The minimum absolute atomic E-state index is 0.0332. The number of carbonyl (C=O) groups is 2. The number of aromatic amines is 1. The van der Waals surface area contributed by atoms with Crippen molar-refractivity contribution in [1.82, 2.24) is 24.7 Å². The average Bonchev–Trinajstić information content (AvgIpc) is 2.98. The van der Waals surface area contributed by atoms with E-state index in [2.05, 4.69) is 15.3 Å². The predicted octanol–water partition coefficient (Wildman–Crippen LogP) is 0.141. The Morgan fingerprint density at radius 3 is 2.75 bits per heavy atom. The SMILES string of the molecule is CCOC(=O)C1CCN(C(=O)c2nnn3cc(C)[nH]c(=O)c23)CC1. The van der Waals surface area contributed by atoms with Gasteiger partial charge in [-0.15, -0.1) is 5.10 Å². The summed E-state index contributed by atoms with van der Waals surface area (Å²) < 4.78 is 6.33. The number of fused-ring (bicyclic) bond motifs is 1. The number of rotatable bonds is 3. The number of nitrogens with zero attached hydrogens (tertiary/aromatic N) is 4. The molecule has 3 rings (SSSR count). The maximum Gasteiger partial charge on any atom is 0.309 e. The number of H-pyrrole nitrogens is 1. The van der Waals surface area contributed by atoms with Crippen LogP contribution in [0.25, 0.3) is 5.52 Å². The molecule has 2 aromatic rings. The monoisotopic (exact) mass is 333 g/mol. The van der Waals surface area contributed by atoms with Crippen molar-refractivity contribution in [1.29, 1.82) is 0 Å². The van der Waals surface area contributed by atoms with E-state index in [1.54, 1.807) is 24.9 Å². The summed E-state index contributed by atoms with van der Waals surface area (Å²) in [6.07, 6.45) is 2.69. The molecule has 0 radical (unpaired) electrons. The van der Waals surface area contributed by atoms with Gasteiger partial charge < -0.3 is 14.6 Å². The smallest absolute Gasteiger partial charge is 0.309 e. The molecule has 0 unspecified atom stereocenters. The third-order valence-corrected chi connectivity index (χ3v) is 4.14. The van der Waals surface area contributed by atoms with Gasteiger partial charge in [0.1, 0.15) is 0 Å². The predicted molar refractivity (Wildman–Crippen MR) is 83.6 cm³/mol. The summed E-state index contributed by atoms with van der Waals surface area (Å²) in [5.41, 5.74) is 0.403. The van der Waals surface area contributed by atoms with Crippen molar-refractivity contribution in [2.45, 2.75) is 26.7 Å². The molecule has 0 bridgehead atoms. The fourth-order valence-corrected chi connectivity index (χ4v) is 2.92. The first kappa shape index (κ1) is 16.2. The third-order valence-electron chi connectivity index (χ3n) is 4.14. The van der Waals surface area contributed by atoms with E-state index in [0.717, 1.165) is 0 Å². The van der Waals surface area contributed by atoms with Crippen LogP contribution in [0.1, 0.15) is 35.9 Å². The van der Waals surface area contributed by atoms with Crippen molar-refractivity contribution in [3.8, 4) is 0 Å². The van der Waals surface area contributed by atoms with Gasteiger partial charge in [-0.05, 0) is 26.7 Å². The molecule has 1 saturated heterocycles. The lowest BCUT2D eigenvalue weighted by Gasteiger charge is -2.30. The fraction of sp³-hybridized carbons (Fsp3) is 0.533. The maximum absolute atomic E-state index is 12.7. The molecular formula is C15H19N5O4. The molecule has 1 aliphatic rings. The van der Waals surface area contributed by atoms with Crippen LogP contribution < -0.4 is 5.56 Å². The number of aromatic nitrogens is 4. The Labute approximate surface area is 137 Å². The Balaban J connectivity index is 1.77. The molecule has 3 heterocycles. The fourth-order valence-electron chi connectivity index (χ4n) is 2.92. The lowest BCUT2D eigenvalue weighted by molar-refractivity contribution is -0.149. The second kappa shape index (κ2) is 6.42. The molecular weight excluding hydrogens is 314 g/mol. The van der Waals surface area contributed by atoms with Crippen LogP contribution >= 0.6 is 0 Å². The number of nitrogens with one attached hydrogen (secondary N) is 1. The normalized spacial score (nSPS) is 15.7. The van der Waals surface area contributed by atoms with Crippen LogP contribution in [-0.2, 0) is 9.53 Å². The van der Waals surface area contributed by atoms with Gasteiger partial charge in [0.25, 0.3) is 11.5 Å². The zero-order valence-electron chi connectivity index (χ0n) is 13.6. The second-order valence-electron chi connectivity index (χ2n) is 5.82. The highest BCUT2D eigenvalue weighted by Gasteiger charge is 2.31. The van der Waals surface area contributed by atoms with Crippen molar-refractivity contribution in [3.63, 3.8) is 0 Å². The molecule has 1 aliphatic heterocycles. The summed E-state index contributed by atoms with van der Waals surface area (Å²) in [6, 6.07) is 0. The molecule has 1 amide bonds.